The number of thiophene rings is 1. The third-order valence-electron chi connectivity index (χ3n) is 5.32. The Labute approximate surface area is 159 Å². The molecule has 4 nitrogen and oxygen atoms in total. The molecule has 138 valence electrons. The van der Waals surface area contributed by atoms with Gasteiger partial charge in [0.25, 0.3) is 0 Å². The average Bonchev–Trinajstić information content (AvgIpc) is 3.24. The van der Waals surface area contributed by atoms with Gasteiger partial charge in [-0.25, -0.2) is 15.0 Å². The van der Waals surface area contributed by atoms with Crippen molar-refractivity contribution in [1.29, 1.82) is 0 Å². The van der Waals surface area contributed by atoms with E-state index in [9.17, 15) is 0 Å². The zero-order valence-corrected chi connectivity index (χ0v) is 17.1. The Kier molecular flexibility index (Phi) is 4.82. The Morgan fingerprint density at radius 3 is 2.50 bits per heavy atom. The highest BCUT2D eigenvalue weighted by atomic mass is 32.1. The normalized spacial score (nSPS) is 13.9. The van der Waals surface area contributed by atoms with E-state index >= 15 is 0 Å². The van der Waals surface area contributed by atoms with Crippen molar-refractivity contribution in [3.8, 4) is 0 Å². The summed E-state index contributed by atoms with van der Waals surface area (Å²) in [6, 6.07) is 0. The molecule has 0 aliphatic heterocycles. The minimum Gasteiger partial charge on any atom is -0.355 e. The van der Waals surface area contributed by atoms with Crippen LogP contribution in [0.25, 0.3) is 20.4 Å². The Morgan fingerprint density at radius 2 is 1.81 bits per heavy atom. The summed E-state index contributed by atoms with van der Waals surface area (Å²) in [7, 11) is 0. The summed E-state index contributed by atoms with van der Waals surface area (Å²) in [5.74, 6) is 1.57. The SMILES string of the molecule is CCCN(CCC)c1ncnc2c1sc1nc(C(C)C)c3c(c12)CCC3. The van der Waals surface area contributed by atoms with Crippen LogP contribution in [0.1, 0.15) is 69.7 Å². The second kappa shape index (κ2) is 7.10. The molecule has 3 aromatic heterocycles. The van der Waals surface area contributed by atoms with Crippen LogP contribution >= 0.6 is 11.3 Å². The maximum atomic E-state index is 5.11. The monoisotopic (exact) mass is 368 g/mol. The molecule has 4 rings (SSSR count). The van der Waals surface area contributed by atoms with Crippen molar-refractivity contribution in [2.75, 3.05) is 18.0 Å². The highest BCUT2D eigenvalue weighted by molar-refractivity contribution is 7.26. The summed E-state index contributed by atoms with van der Waals surface area (Å²) in [6.07, 6.45) is 7.57. The van der Waals surface area contributed by atoms with Crippen molar-refractivity contribution >= 4 is 37.6 Å². The molecule has 0 saturated carbocycles. The molecule has 0 fully saturated rings. The third-order valence-corrected chi connectivity index (χ3v) is 6.39. The van der Waals surface area contributed by atoms with Gasteiger partial charge in [0.2, 0.25) is 0 Å². The van der Waals surface area contributed by atoms with E-state index in [1.807, 2.05) is 0 Å². The van der Waals surface area contributed by atoms with Gasteiger partial charge < -0.3 is 4.90 Å². The molecule has 1 aliphatic rings. The first-order valence-corrected chi connectivity index (χ1v) is 10.8. The van der Waals surface area contributed by atoms with Crippen molar-refractivity contribution in [1.82, 2.24) is 15.0 Å². The number of aromatic nitrogens is 3. The Bertz CT molecular complexity index is 938. The Morgan fingerprint density at radius 1 is 1.08 bits per heavy atom. The van der Waals surface area contributed by atoms with Gasteiger partial charge in [-0.15, -0.1) is 11.3 Å². The van der Waals surface area contributed by atoms with E-state index in [1.54, 1.807) is 17.7 Å². The minimum absolute atomic E-state index is 0.471. The second-order valence-corrected chi connectivity index (χ2v) is 8.61. The first-order valence-electron chi connectivity index (χ1n) is 9.99. The quantitative estimate of drug-likeness (QED) is 0.578. The maximum Gasteiger partial charge on any atom is 0.150 e. The van der Waals surface area contributed by atoms with Gasteiger partial charge in [0.15, 0.2) is 0 Å². The first-order chi connectivity index (χ1) is 12.7. The molecule has 1 aliphatic carbocycles. The van der Waals surface area contributed by atoms with Crippen LogP contribution < -0.4 is 4.90 Å². The number of pyridine rings is 1. The van der Waals surface area contributed by atoms with Crippen molar-refractivity contribution in [2.24, 2.45) is 0 Å². The number of anilines is 1. The molecular formula is C21H28N4S. The van der Waals surface area contributed by atoms with E-state index in [-0.39, 0.29) is 0 Å². The lowest BCUT2D eigenvalue weighted by Gasteiger charge is -2.22. The summed E-state index contributed by atoms with van der Waals surface area (Å²) in [6.45, 7) is 11.1. The van der Waals surface area contributed by atoms with Crippen LogP contribution in [0.4, 0.5) is 5.82 Å². The van der Waals surface area contributed by atoms with Crippen molar-refractivity contribution in [3.05, 3.63) is 23.1 Å². The fraction of sp³-hybridized carbons (Fsp3) is 0.571. The van der Waals surface area contributed by atoms with Gasteiger partial charge >= 0.3 is 0 Å². The molecule has 0 amide bonds. The second-order valence-electron chi connectivity index (χ2n) is 7.61. The van der Waals surface area contributed by atoms with E-state index in [0.29, 0.717) is 5.92 Å². The summed E-state index contributed by atoms with van der Waals surface area (Å²) in [5, 5.41) is 1.30. The molecule has 0 bridgehead atoms. The lowest BCUT2D eigenvalue weighted by atomic mass is 9.99. The Balaban J connectivity index is 1.99. The zero-order chi connectivity index (χ0) is 18.3. The standard InChI is InChI=1S/C21H28N4S/c1-5-10-25(11-6-2)20-19-18(22-12-23-20)16-14-8-7-9-15(14)17(13(3)4)24-21(16)26-19/h12-13H,5-11H2,1-4H3. The van der Waals surface area contributed by atoms with Crippen molar-refractivity contribution < 1.29 is 0 Å². The lowest BCUT2D eigenvalue weighted by Crippen LogP contribution is -2.25. The molecule has 0 atom stereocenters. The average molecular weight is 369 g/mol. The maximum absolute atomic E-state index is 5.11. The van der Waals surface area contributed by atoms with E-state index < -0.39 is 0 Å². The molecule has 26 heavy (non-hydrogen) atoms. The molecule has 0 saturated heterocycles. The molecule has 3 heterocycles. The number of rotatable bonds is 6. The van der Waals surface area contributed by atoms with Crippen LogP contribution in [0.3, 0.4) is 0 Å². The first kappa shape index (κ1) is 17.7. The molecule has 3 aromatic rings. The van der Waals surface area contributed by atoms with Gasteiger partial charge in [-0.3, -0.25) is 0 Å². The lowest BCUT2D eigenvalue weighted by molar-refractivity contribution is 0.737. The summed E-state index contributed by atoms with van der Waals surface area (Å²) in [4.78, 5) is 18.1. The van der Waals surface area contributed by atoms with Crippen LogP contribution in [-0.2, 0) is 12.8 Å². The highest BCUT2D eigenvalue weighted by Gasteiger charge is 2.25. The number of hydrogen-bond acceptors (Lipinski definition) is 5. The number of aryl methyl sites for hydroxylation is 1. The Hall–Kier alpha value is -1.75. The van der Waals surface area contributed by atoms with Gasteiger partial charge in [0.1, 0.15) is 17.0 Å². The van der Waals surface area contributed by atoms with E-state index in [0.717, 1.165) is 48.5 Å². The molecule has 0 spiro atoms. The molecule has 0 N–H and O–H groups in total. The van der Waals surface area contributed by atoms with Crippen molar-refractivity contribution in [3.63, 3.8) is 0 Å². The zero-order valence-electron chi connectivity index (χ0n) is 16.3. The van der Waals surface area contributed by atoms with Crippen LogP contribution in [0.2, 0.25) is 0 Å². The van der Waals surface area contributed by atoms with Gasteiger partial charge in [-0.2, -0.15) is 0 Å². The molecule has 0 unspecified atom stereocenters. The summed E-state index contributed by atoms with van der Waals surface area (Å²) in [5.41, 5.74) is 5.41. The van der Waals surface area contributed by atoms with Crippen LogP contribution in [0.15, 0.2) is 6.33 Å². The molecule has 5 heteroatoms. The van der Waals surface area contributed by atoms with Gasteiger partial charge in [-0.1, -0.05) is 27.7 Å². The predicted octanol–water partition coefficient (Wildman–Crippen LogP) is 5.48. The van der Waals surface area contributed by atoms with Crippen LogP contribution in [-0.4, -0.2) is 28.0 Å². The van der Waals surface area contributed by atoms with Gasteiger partial charge in [0, 0.05) is 24.2 Å². The largest absolute Gasteiger partial charge is 0.355 e. The number of fused-ring (bicyclic) bond motifs is 5. The fourth-order valence-electron chi connectivity index (χ4n) is 4.28. The van der Waals surface area contributed by atoms with E-state index in [2.05, 4.69) is 37.6 Å². The smallest absolute Gasteiger partial charge is 0.150 e. The highest BCUT2D eigenvalue weighted by Crippen LogP contribution is 2.43. The summed E-state index contributed by atoms with van der Waals surface area (Å²) >= 11 is 1.79. The molecular weight excluding hydrogens is 340 g/mol. The minimum atomic E-state index is 0.471. The van der Waals surface area contributed by atoms with Crippen LogP contribution in [0, 0.1) is 0 Å². The molecule has 0 radical (unpaired) electrons. The fourth-order valence-corrected chi connectivity index (χ4v) is 5.47. The topological polar surface area (TPSA) is 41.9 Å². The van der Waals surface area contributed by atoms with Crippen molar-refractivity contribution in [2.45, 2.75) is 65.7 Å². The summed E-state index contributed by atoms with van der Waals surface area (Å²) < 4.78 is 1.21. The number of hydrogen-bond donors (Lipinski definition) is 0. The van der Waals surface area contributed by atoms with E-state index in [1.165, 1.54) is 39.7 Å². The van der Waals surface area contributed by atoms with Crippen LogP contribution in [0.5, 0.6) is 0 Å². The predicted molar refractivity (Wildman–Crippen MR) is 112 cm³/mol. The number of nitrogens with zero attached hydrogens (tertiary/aromatic N) is 4. The molecule has 0 aromatic carbocycles. The third kappa shape index (κ3) is 2.77. The van der Waals surface area contributed by atoms with Gasteiger partial charge in [-0.05, 0) is 49.1 Å². The van der Waals surface area contributed by atoms with Gasteiger partial charge in [0.05, 0.1) is 10.2 Å². The van der Waals surface area contributed by atoms with E-state index in [4.69, 9.17) is 9.97 Å².